The Morgan fingerprint density at radius 3 is 2.76 bits per heavy atom. The van der Waals surface area contributed by atoms with Crippen LogP contribution in [0.3, 0.4) is 0 Å². The predicted molar refractivity (Wildman–Crippen MR) is 87.5 cm³/mol. The molecule has 0 aromatic carbocycles. The molecule has 4 N–H and O–H groups in total. The van der Waals surface area contributed by atoms with Gasteiger partial charge >= 0.3 is 0 Å². The monoisotopic (exact) mass is 307 g/mol. The molecule has 0 radical (unpaired) electrons. The van der Waals surface area contributed by atoms with Crippen LogP contribution in [0.25, 0.3) is 10.2 Å². The molecule has 2 aromatic heterocycles. The van der Waals surface area contributed by atoms with Crippen molar-refractivity contribution in [1.29, 1.82) is 0 Å². The second-order valence-corrected chi connectivity index (χ2v) is 6.75. The Balaban J connectivity index is 2.17. The number of aromatic nitrogens is 2. The van der Waals surface area contributed by atoms with Gasteiger partial charge in [0.15, 0.2) is 0 Å². The molecule has 0 saturated carbocycles. The van der Waals surface area contributed by atoms with Gasteiger partial charge in [0.1, 0.15) is 16.7 Å². The number of nitrogens with one attached hydrogen (secondary N) is 2. The van der Waals surface area contributed by atoms with Crippen LogP contribution in [0.2, 0.25) is 0 Å². The Morgan fingerprint density at radius 2 is 2.10 bits per heavy atom. The van der Waals surface area contributed by atoms with Crippen LogP contribution in [-0.2, 0) is 4.79 Å². The smallest absolute Gasteiger partial charge is 0.242 e. The predicted octanol–water partition coefficient (Wildman–Crippen LogP) is 2.15. The van der Waals surface area contributed by atoms with Gasteiger partial charge in [0.05, 0.1) is 5.39 Å². The minimum atomic E-state index is -0.388. The molecule has 2 heterocycles. The van der Waals surface area contributed by atoms with Gasteiger partial charge in [0.25, 0.3) is 0 Å². The maximum Gasteiger partial charge on any atom is 0.242 e. The highest BCUT2D eigenvalue weighted by molar-refractivity contribution is 7.18. The van der Waals surface area contributed by atoms with E-state index in [1.54, 1.807) is 18.3 Å². The molecule has 21 heavy (non-hydrogen) atoms. The second kappa shape index (κ2) is 6.26. The van der Waals surface area contributed by atoms with E-state index in [-0.39, 0.29) is 17.9 Å². The first kappa shape index (κ1) is 15.5. The number of carbonyl (C=O) groups excluding carboxylic acids is 1. The summed E-state index contributed by atoms with van der Waals surface area (Å²) >= 11 is 1.56. The van der Waals surface area contributed by atoms with Gasteiger partial charge in [-0.2, -0.15) is 4.98 Å². The highest BCUT2D eigenvalue weighted by Gasteiger charge is 2.16. The molecule has 0 saturated heterocycles. The minimum absolute atomic E-state index is 0.0546. The minimum Gasteiger partial charge on any atom is -0.368 e. The van der Waals surface area contributed by atoms with E-state index in [1.165, 1.54) is 0 Å². The average molecular weight is 307 g/mol. The standard InChI is InChI=1S/C14H21N5OS/c1-7(2)6-16-12(20)9(4)17-11-10-5-8(3)21-13(10)19-14(15)18-11/h5,7,9H,6H2,1-4H3,(H,16,20)(H3,15,17,18,19). The van der Waals surface area contributed by atoms with Crippen molar-refractivity contribution in [3.05, 3.63) is 10.9 Å². The van der Waals surface area contributed by atoms with Gasteiger partial charge in [-0.3, -0.25) is 4.79 Å². The molecule has 0 aliphatic rings. The van der Waals surface area contributed by atoms with Gasteiger partial charge in [0.2, 0.25) is 11.9 Å². The van der Waals surface area contributed by atoms with Crippen LogP contribution in [0.15, 0.2) is 6.07 Å². The van der Waals surface area contributed by atoms with E-state index in [1.807, 2.05) is 13.0 Å². The maximum atomic E-state index is 12.0. The van der Waals surface area contributed by atoms with E-state index in [0.29, 0.717) is 18.3 Å². The number of hydrogen-bond acceptors (Lipinski definition) is 6. The number of nitrogens with zero attached hydrogens (tertiary/aromatic N) is 2. The summed E-state index contributed by atoms with van der Waals surface area (Å²) < 4.78 is 0. The lowest BCUT2D eigenvalue weighted by Gasteiger charge is -2.16. The van der Waals surface area contributed by atoms with Gasteiger partial charge in [0, 0.05) is 11.4 Å². The average Bonchev–Trinajstić information content (AvgIpc) is 2.76. The van der Waals surface area contributed by atoms with E-state index in [2.05, 4.69) is 34.4 Å². The fraction of sp³-hybridized carbons (Fsp3) is 0.500. The van der Waals surface area contributed by atoms with Crippen molar-refractivity contribution in [3.63, 3.8) is 0 Å². The number of thiophene rings is 1. The van der Waals surface area contributed by atoms with Gasteiger partial charge in [-0.15, -0.1) is 11.3 Å². The molecule has 1 unspecified atom stereocenters. The third-order valence-corrected chi connectivity index (χ3v) is 3.91. The van der Waals surface area contributed by atoms with Crippen LogP contribution < -0.4 is 16.4 Å². The highest BCUT2D eigenvalue weighted by Crippen LogP contribution is 2.29. The molecule has 6 nitrogen and oxygen atoms in total. The number of carbonyl (C=O) groups is 1. The number of nitrogens with two attached hydrogens (primary N) is 1. The Hall–Kier alpha value is -1.89. The van der Waals surface area contributed by atoms with Crippen LogP contribution in [0.1, 0.15) is 25.6 Å². The fourth-order valence-electron chi connectivity index (χ4n) is 1.90. The molecule has 2 rings (SSSR count). The summed E-state index contributed by atoms with van der Waals surface area (Å²) in [5, 5.41) is 6.92. The molecular formula is C14H21N5OS. The molecular weight excluding hydrogens is 286 g/mol. The van der Waals surface area contributed by atoms with Crippen molar-refractivity contribution in [2.75, 3.05) is 17.6 Å². The number of anilines is 2. The lowest BCUT2D eigenvalue weighted by molar-refractivity contribution is -0.121. The molecule has 1 amide bonds. The third kappa shape index (κ3) is 3.81. The highest BCUT2D eigenvalue weighted by atomic mass is 32.1. The Labute approximate surface area is 128 Å². The van der Waals surface area contributed by atoms with E-state index in [9.17, 15) is 4.79 Å². The molecule has 0 fully saturated rings. The molecule has 1 atom stereocenters. The quantitative estimate of drug-likeness (QED) is 0.787. The normalized spacial score (nSPS) is 12.6. The van der Waals surface area contributed by atoms with Crippen molar-refractivity contribution in [2.24, 2.45) is 5.92 Å². The summed E-state index contributed by atoms with van der Waals surface area (Å²) in [7, 11) is 0. The maximum absolute atomic E-state index is 12.0. The van der Waals surface area contributed by atoms with Crippen LogP contribution in [0.5, 0.6) is 0 Å². The van der Waals surface area contributed by atoms with Gasteiger partial charge in [-0.25, -0.2) is 4.98 Å². The van der Waals surface area contributed by atoms with Crippen LogP contribution in [-0.4, -0.2) is 28.5 Å². The van der Waals surface area contributed by atoms with Gasteiger partial charge in [-0.1, -0.05) is 13.8 Å². The van der Waals surface area contributed by atoms with E-state index < -0.39 is 0 Å². The molecule has 0 aliphatic heterocycles. The van der Waals surface area contributed by atoms with Crippen molar-refractivity contribution >= 4 is 39.2 Å². The zero-order chi connectivity index (χ0) is 15.6. The molecule has 114 valence electrons. The first-order valence-electron chi connectivity index (χ1n) is 6.94. The second-order valence-electron chi connectivity index (χ2n) is 5.51. The van der Waals surface area contributed by atoms with E-state index in [0.717, 1.165) is 15.1 Å². The Bertz CT molecular complexity index is 652. The summed E-state index contributed by atoms with van der Waals surface area (Å²) in [4.78, 5) is 22.4. The number of fused-ring (bicyclic) bond motifs is 1. The zero-order valence-corrected chi connectivity index (χ0v) is 13.5. The topological polar surface area (TPSA) is 92.9 Å². The van der Waals surface area contributed by atoms with Crippen LogP contribution >= 0.6 is 11.3 Å². The first-order chi connectivity index (χ1) is 9.86. The van der Waals surface area contributed by atoms with Gasteiger partial charge < -0.3 is 16.4 Å². The van der Waals surface area contributed by atoms with E-state index in [4.69, 9.17) is 5.73 Å². The fourth-order valence-corrected chi connectivity index (χ4v) is 2.78. The Kier molecular flexibility index (Phi) is 4.62. The summed E-state index contributed by atoms with van der Waals surface area (Å²) in [6.07, 6.45) is 0. The number of hydrogen-bond donors (Lipinski definition) is 3. The summed E-state index contributed by atoms with van der Waals surface area (Å²) in [5.74, 6) is 1.18. The Morgan fingerprint density at radius 1 is 1.38 bits per heavy atom. The third-order valence-electron chi connectivity index (χ3n) is 2.96. The van der Waals surface area contributed by atoms with Crippen molar-refractivity contribution in [2.45, 2.75) is 33.7 Å². The molecule has 2 aromatic rings. The molecule has 7 heteroatoms. The van der Waals surface area contributed by atoms with Crippen LogP contribution in [0.4, 0.5) is 11.8 Å². The molecule has 0 aliphatic carbocycles. The zero-order valence-electron chi connectivity index (χ0n) is 12.7. The largest absolute Gasteiger partial charge is 0.368 e. The molecule has 0 bridgehead atoms. The lowest BCUT2D eigenvalue weighted by Crippen LogP contribution is -2.39. The van der Waals surface area contributed by atoms with Crippen molar-refractivity contribution < 1.29 is 4.79 Å². The van der Waals surface area contributed by atoms with Crippen molar-refractivity contribution in [3.8, 4) is 0 Å². The number of nitrogen functional groups attached to an aromatic ring is 1. The van der Waals surface area contributed by atoms with Crippen LogP contribution in [0, 0.1) is 12.8 Å². The summed E-state index contributed by atoms with van der Waals surface area (Å²) in [6.45, 7) is 8.58. The lowest BCUT2D eigenvalue weighted by atomic mass is 10.2. The van der Waals surface area contributed by atoms with Gasteiger partial charge in [-0.05, 0) is 25.8 Å². The number of amides is 1. The SMILES string of the molecule is Cc1cc2c(NC(C)C(=O)NCC(C)C)nc(N)nc2s1. The number of aryl methyl sites for hydroxylation is 1. The first-order valence-corrected chi connectivity index (χ1v) is 7.76. The summed E-state index contributed by atoms with van der Waals surface area (Å²) in [5.41, 5.74) is 5.73. The number of rotatable bonds is 5. The van der Waals surface area contributed by atoms with Crippen molar-refractivity contribution in [1.82, 2.24) is 15.3 Å². The summed E-state index contributed by atoms with van der Waals surface area (Å²) in [6, 6.07) is 1.61. The molecule has 0 spiro atoms. The van der Waals surface area contributed by atoms with E-state index >= 15 is 0 Å².